The molecule has 0 fully saturated rings. The smallest absolute Gasteiger partial charge is 0.315 e. The van der Waals surface area contributed by atoms with E-state index in [1.807, 2.05) is 0 Å². The zero-order chi connectivity index (χ0) is 18.4. The van der Waals surface area contributed by atoms with Crippen LogP contribution in [0.2, 0.25) is 0 Å². The molecule has 0 bridgehead atoms. The number of nitro benzene ring substituents is 1. The lowest BCUT2D eigenvalue weighted by Gasteiger charge is -2.07. The molecule has 25 heavy (non-hydrogen) atoms. The fraction of sp³-hybridized carbons (Fsp3) is 0.125. The van der Waals surface area contributed by atoms with Crippen LogP contribution in [0.3, 0.4) is 0 Å². The Balaban J connectivity index is 2.18. The zero-order valence-electron chi connectivity index (χ0n) is 13.2. The number of nitrogens with one attached hydrogen (secondary N) is 1. The van der Waals surface area contributed by atoms with E-state index >= 15 is 0 Å². The van der Waals surface area contributed by atoms with Gasteiger partial charge < -0.3 is 14.9 Å². The Kier molecular flexibility index (Phi) is 5.51. The maximum absolute atomic E-state index is 11.9. The lowest BCUT2D eigenvalue weighted by Crippen LogP contribution is -2.17. The molecule has 0 radical (unpaired) electrons. The SMILES string of the molecule is CCOc1cc(/C=N\NC(=O)c2ccc(O)cc2)cc([N+](=O)[O-])c1O. The topological polar surface area (TPSA) is 134 Å². The molecule has 2 rings (SSSR count). The van der Waals surface area contributed by atoms with Crippen molar-refractivity contribution in [1.29, 1.82) is 0 Å². The van der Waals surface area contributed by atoms with E-state index < -0.39 is 22.3 Å². The molecule has 9 nitrogen and oxygen atoms in total. The van der Waals surface area contributed by atoms with E-state index in [1.165, 1.54) is 36.5 Å². The van der Waals surface area contributed by atoms with Gasteiger partial charge in [0, 0.05) is 17.2 Å². The molecule has 0 unspecified atom stereocenters. The van der Waals surface area contributed by atoms with Crippen LogP contribution in [0.15, 0.2) is 41.5 Å². The van der Waals surface area contributed by atoms with Gasteiger partial charge in [0.1, 0.15) is 5.75 Å². The minimum absolute atomic E-state index is 0.0277. The number of phenols is 2. The molecule has 0 aliphatic carbocycles. The first kappa shape index (κ1) is 17.7. The Bertz CT molecular complexity index is 817. The van der Waals surface area contributed by atoms with Gasteiger partial charge in [-0.15, -0.1) is 0 Å². The summed E-state index contributed by atoms with van der Waals surface area (Å²) in [6.07, 6.45) is 1.19. The Hall–Kier alpha value is -3.62. The summed E-state index contributed by atoms with van der Waals surface area (Å²) in [6.45, 7) is 1.88. The molecular formula is C16H15N3O6. The zero-order valence-corrected chi connectivity index (χ0v) is 13.2. The van der Waals surface area contributed by atoms with Gasteiger partial charge in [0.15, 0.2) is 5.75 Å². The summed E-state index contributed by atoms with van der Waals surface area (Å²) in [7, 11) is 0. The third-order valence-corrected chi connectivity index (χ3v) is 3.08. The summed E-state index contributed by atoms with van der Waals surface area (Å²) in [5.74, 6) is -1.12. The van der Waals surface area contributed by atoms with Crippen molar-refractivity contribution in [2.45, 2.75) is 6.92 Å². The van der Waals surface area contributed by atoms with Crippen LogP contribution in [0.25, 0.3) is 0 Å². The number of carbonyl (C=O) groups is 1. The highest BCUT2D eigenvalue weighted by Gasteiger charge is 2.19. The number of hydrogen-bond donors (Lipinski definition) is 3. The van der Waals surface area contributed by atoms with Crippen molar-refractivity contribution in [1.82, 2.24) is 5.43 Å². The molecule has 0 saturated carbocycles. The van der Waals surface area contributed by atoms with Gasteiger partial charge in [-0.2, -0.15) is 5.10 Å². The number of phenolic OH excluding ortho intramolecular Hbond substituents is 2. The first-order chi connectivity index (χ1) is 11.9. The largest absolute Gasteiger partial charge is 0.508 e. The third-order valence-electron chi connectivity index (χ3n) is 3.08. The molecule has 0 aliphatic rings. The van der Waals surface area contributed by atoms with E-state index in [0.29, 0.717) is 0 Å². The van der Waals surface area contributed by atoms with Gasteiger partial charge in [0.05, 0.1) is 17.7 Å². The fourth-order valence-electron chi connectivity index (χ4n) is 1.94. The van der Waals surface area contributed by atoms with Crippen LogP contribution < -0.4 is 10.2 Å². The van der Waals surface area contributed by atoms with E-state index in [2.05, 4.69) is 10.5 Å². The number of carbonyl (C=O) groups excluding carboxylic acids is 1. The van der Waals surface area contributed by atoms with Crippen LogP contribution in [0.1, 0.15) is 22.8 Å². The van der Waals surface area contributed by atoms with Crippen molar-refractivity contribution in [3.63, 3.8) is 0 Å². The van der Waals surface area contributed by atoms with Crippen LogP contribution in [0.4, 0.5) is 5.69 Å². The number of aromatic hydroxyl groups is 2. The van der Waals surface area contributed by atoms with E-state index in [0.717, 1.165) is 6.07 Å². The molecular weight excluding hydrogens is 330 g/mol. The molecule has 2 aromatic rings. The molecule has 2 aromatic carbocycles. The molecule has 0 aliphatic heterocycles. The second kappa shape index (κ2) is 7.77. The number of hydrazone groups is 1. The van der Waals surface area contributed by atoms with Gasteiger partial charge in [-0.1, -0.05) is 0 Å². The Labute approximate surface area is 142 Å². The number of hydrogen-bond acceptors (Lipinski definition) is 7. The van der Waals surface area contributed by atoms with Crippen LogP contribution in [-0.2, 0) is 0 Å². The van der Waals surface area contributed by atoms with Crippen molar-refractivity contribution in [3.8, 4) is 17.2 Å². The van der Waals surface area contributed by atoms with Crippen molar-refractivity contribution in [3.05, 3.63) is 57.6 Å². The molecule has 0 atom stereocenters. The minimum atomic E-state index is -0.746. The second-order valence-corrected chi connectivity index (χ2v) is 4.82. The summed E-state index contributed by atoms with van der Waals surface area (Å²) in [6, 6.07) is 8.01. The summed E-state index contributed by atoms with van der Waals surface area (Å²) < 4.78 is 5.15. The van der Waals surface area contributed by atoms with Crippen molar-refractivity contribution in [2.75, 3.05) is 6.61 Å². The molecule has 0 spiro atoms. The first-order valence-corrected chi connectivity index (χ1v) is 7.19. The number of ether oxygens (including phenoxy) is 1. The van der Waals surface area contributed by atoms with Crippen molar-refractivity contribution in [2.24, 2.45) is 5.10 Å². The quantitative estimate of drug-likeness (QED) is 0.417. The van der Waals surface area contributed by atoms with Crippen molar-refractivity contribution >= 4 is 17.8 Å². The highest BCUT2D eigenvalue weighted by molar-refractivity contribution is 5.95. The Morgan fingerprint density at radius 2 is 2.00 bits per heavy atom. The summed E-state index contributed by atoms with van der Waals surface area (Å²) in [5.41, 5.74) is 2.27. The molecule has 9 heteroatoms. The number of benzene rings is 2. The normalized spacial score (nSPS) is 10.6. The van der Waals surface area contributed by atoms with Gasteiger partial charge in [-0.3, -0.25) is 14.9 Å². The predicted molar refractivity (Wildman–Crippen MR) is 89.1 cm³/mol. The molecule has 0 aromatic heterocycles. The van der Waals surface area contributed by atoms with Crippen LogP contribution >= 0.6 is 0 Å². The monoisotopic (exact) mass is 345 g/mol. The fourth-order valence-corrected chi connectivity index (χ4v) is 1.94. The maximum atomic E-state index is 11.9. The lowest BCUT2D eigenvalue weighted by molar-refractivity contribution is -0.386. The molecule has 3 N–H and O–H groups in total. The Morgan fingerprint density at radius 3 is 2.60 bits per heavy atom. The lowest BCUT2D eigenvalue weighted by atomic mass is 10.2. The van der Waals surface area contributed by atoms with Crippen LogP contribution in [0.5, 0.6) is 17.2 Å². The van der Waals surface area contributed by atoms with E-state index in [4.69, 9.17) is 4.74 Å². The van der Waals surface area contributed by atoms with E-state index in [9.17, 15) is 25.1 Å². The molecule has 1 amide bonds. The number of amides is 1. The second-order valence-electron chi connectivity index (χ2n) is 4.82. The van der Waals surface area contributed by atoms with Crippen LogP contribution in [0, 0.1) is 10.1 Å². The highest BCUT2D eigenvalue weighted by Crippen LogP contribution is 2.36. The van der Waals surface area contributed by atoms with Gasteiger partial charge in [-0.05, 0) is 37.3 Å². The van der Waals surface area contributed by atoms with Gasteiger partial charge in [0.25, 0.3) is 5.91 Å². The average Bonchev–Trinajstić information content (AvgIpc) is 2.58. The van der Waals surface area contributed by atoms with Gasteiger partial charge >= 0.3 is 5.69 Å². The van der Waals surface area contributed by atoms with Gasteiger partial charge in [0.2, 0.25) is 5.75 Å². The standard InChI is InChI=1S/C16H15N3O6/c1-2-25-14-8-10(7-13(15(14)21)19(23)24)9-17-18-16(22)11-3-5-12(20)6-4-11/h3-9,20-21H,2H2,1H3,(H,18,22)/b17-9-. The summed E-state index contributed by atoms with van der Waals surface area (Å²) in [4.78, 5) is 22.1. The Morgan fingerprint density at radius 1 is 1.32 bits per heavy atom. The van der Waals surface area contributed by atoms with Crippen LogP contribution in [-0.4, -0.2) is 33.9 Å². The summed E-state index contributed by atoms with van der Waals surface area (Å²) >= 11 is 0. The number of rotatable bonds is 6. The minimum Gasteiger partial charge on any atom is -0.508 e. The molecule has 0 heterocycles. The molecule has 130 valence electrons. The predicted octanol–water partition coefficient (Wildman–Crippen LogP) is 2.17. The summed E-state index contributed by atoms with van der Waals surface area (Å²) in [5, 5.41) is 33.7. The number of nitrogens with zero attached hydrogens (tertiary/aromatic N) is 2. The maximum Gasteiger partial charge on any atom is 0.315 e. The van der Waals surface area contributed by atoms with E-state index in [-0.39, 0.29) is 29.2 Å². The van der Waals surface area contributed by atoms with Gasteiger partial charge in [-0.25, -0.2) is 5.43 Å². The molecule has 0 saturated heterocycles. The third kappa shape index (κ3) is 4.44. The first-order valence-electron chi connectivity index (χ1n) is 7.19. The van der Waals surface area contributed by atoms with E-state index in [1.54, 1.807) is 6.92 Å². The van der Waals surface area contributed by atoms with Crippen molar-refractivity contribution < 1.29 is 24.7 Å². The number of nitro groups is 1. The average molecular weight is 345 g/mol. The highest BCUT2D eigenvalue weighted by atomic mass is 16.6.